The molecule has 1 aliphatic heterocycles. The van der Waals surface area contributed by atoms with Gasteiger partial charge in [0.15, 0.2) is 11.6 Å². The van der Waals surface area contributed by atoms with Crippen molar-refractivity contribution < 1.29 is 18.3 Å². The van der Waals surface area contributed by atoms with Gasteiger partial charge in [-0.3, -0.25) is 0 Å². The number of aromatic nitrogens is 2. The number of esters is 1. The van der Waals surface area contributed by atoms with Gasteiger partial charge in [0, 0.05) is 11.3 Å². The van der Waals surface area contributed by atoms with E-state index in [0.717, 1.165) is 6.07 Å². The fourth-order valence-electron chi connectivity index (χ4n) is 2.90. The van der Waals surface area contributed by atoms with Gasteiger partial charge in [0.2, 0.25) is 0 Å². The van der Waals surface area contributed by atoms with Crippen LogP contribution in [0.2, 0.25) is 0 Å². The summed E-state index contributed by atoms with van der Waals surface area (Å²) in [6.07, 6.45) is 0.908. The number of fused-ring (bicyclic) bond motifs is 1. The maximum Gasteiger partial charge on any atom is 0.338 e. The highest BCUT2D eigenvalue weighted by Crippen LogP contribution is 2.38. The molecule has 0 amide bonds. The fourth-order valence-corrected chi connectivity index (χ4v) is 2.90. The van der Waals surface area contributed by atoms with E-state index in [1.54, 1.807) is 20.8 Å². The fraction of sp³-hybridized carbons (Fsp3) is 0.278. The average molecular weight is 358 g/mol. The molecule has 0 aliphatic carbocycles. The largest absolute Gasteiger partial charge is 0.459 e. The molecule has 1 aliphatic rings. The lowest BCUT2D eigenvalue weighted by molar-refractivity contribution is -0.143. The molecule has 26 heavy (non-hydrogen) atoms. The molecule has 2 heterocycles. The van der Waals surface area contributed by atoms with Gasteiger partial charge < -0.3 is 10.1 Å². The Hall–Kier alpha value is -3.21. The minimum absolute atomic E-state index is 0.0737. The summed E-state index contributed by atoms with van der Waals surface area (Å²) >= 11 is 0. The quantitative estimate of drug-likeness (QED) is 0.852. The number of halogens is 2. The number of carbonyl (C=O) groups excluding carboxylic acids is 1. The van der Waals surface area contributed by atoms with E-state index in [1.165, 1.54) is 23.0 Å². The number of nitrogens with one attached hydrogen (secondary N) is 1. The van der Waals surface area contributed by atoms with E-state index in [-0.39, 0.29) is 16.7 Å². The molecule has 0 bridgehead atoms. The van der Waals surface area contributed by atoms with Gasteiger partial charge >= 0.3 is 5.97 Å². The number of hydrogen-bond donors (Lipinski definition) is 1. The summed E-state index contributed by atoms with van der Waals surface area (Å²) in [5.41, 5.74) is 0.634. The monoisotopic (exact) mass is 358 g/mol. The SMILES string of the molecule is CC1=C(C(=O)OC(C)C)C(c2cccc(F)c2F)n2ncc(C#N)c2N1. The number of allylic oxidation sites excluding steroid dienone is 1. The summed E-state index contributed by atoms with van der Waals surface area (Å²) in [4.78, 5) is 12.6. The second-order valence-electron chi connectivity index (χ2n) is 6.13. The van der Waals surface area contributed by atoms with Crippen LogP contribution in [0.5, 0.6) is 0 Å². The second kappa shape index (κ2) is 6.59. The zero-order valence-electron chi connectivity index (χ0n) is 14.4. The van der Waals surface area contributed by atoms with Crippen LogP contribution >= 0.6 is 0 Å². The first kappa shape index (κ1) is 17.6. The molecule has 0 saturated carbocycles. The lowest BCUT2D eigenvalue weighted by Crippen LogP contribution is -2.31. The summed E-state index contributed by atoms with van der Waals surface area (Å²) in [6, 6.07) is 4.64. The lowest BCUT2D eigenvalue weighted by atomic mass is 9.94. The molecule has 0 saturated heterocycles. The molecule has 0 fully saturated rings. The average Bonchev–Trinajstić information content (AvgIpc) is 2.98. The van der Waals surface area contributed by atoms with Crippen molar-refractivity contribution >= 4 is 11.8 Å². The summed E-state index contributed by atoms with van der Waals surface area (Å²) in [5, 5.41) is 16.3. The Morgan fingerprint density at radius 2 is 2.15 bits per heavy atom. The third kappa shape index (κ3) is 2.81. The zero-order valence-corrected chi connectivity index (χ0v) is 14.4. The van der Waals surface area contributed by atoms with Gasteiger partial charge in [-0.1, -0.05) is 12.1 Å². The predicted octanol–water partition coefficient (Wildman–Crippen LogP) is 3.27. The summed E-state index contributed by atoms with van der Waals surface area (Å²) in [5.74, 6) is -2.48. The number of anilines is 1. The van der Waals surface area contributed by atoms with E-state index >= 15 is 0 Å². The van der Waals surface area contributed by atoms with Crippen molar-refractivity contribution in [3.05, 3.63) is 58.4 Å². The Labute approximate surface area is 148 Å². The maximum absolute atomic E-state index is 14.5. The number of hydrogen-bond acceptors (Lipinski definition) is 5. The summed E-state index contributed by atoms with van der Waals surface area (Å²) < 4.78 is 34.9. The molecule has 0 radical (unpaired) electrons. The van der Waals surface area contributed by atoms with Crippen LogP contribution in [0, 0.1) is 23.0 Å². The van der Waals surface area contributed by atoms with Gasteiger partial charge in [-0.15, -0.1) is 0 Å². The summed E-state index contributed by atoms with van der Waals surface area (Å²) in [7, 11) is 0. The van der Waals surface area contributed by atoms with Crippen LogP contribution in [-0.4, -0.2) is 21.9 Å². The highest BCUT2D eigenvalue weighted by Gasteiger charge is 2.37. The maximum atomic E-state index is 14.5. The van der Waals surface area contributed by atoms with Crippen molar-refractivity contribution in [1.82, 2.24) is 9.78 Å². The van der Waals surface area contributed by atoms with Crippen LogP contribution in [0.1, 0.15) is 37.9 Å². The molecule has 1 N–H and O–H groups in total. The molecule has 1 aromatic heterocycles. The summed E-state index contributed by atoms with van der Waals surface area (Å²) in [6.45, 7) is 4.99. The molecule has 2 aromatic rings. The first-order chi connectivity index (χ1) is 12.3. The van der Waals surface area contributed by atoms with E-state index in [0.29, 0.717) is 11.5 Å². The van der Waals surface area contributed by atoms with Crippen LogP contribution in [-0.2, 0) is 9.53 Å². The van der Waals surface area contributed by atoms with Gasteiger partial charge in [-0.2, -0.15) is 10.4 Å². The van der Waals surface area contributed by atoms with Crippen LogP contribution in [0.4, 0.5) is 14.6 Å². The van der Waals surface area contributed by atoms with Gasteiger partial charge in [-0.25, -0.2) is 18.3 Å². The Morgan fingerprint density at radius 3 is 2.81 bits per heavy atom. The highest BCUT2D eigenvalue weighted by atomic mass is 19.2. The molecule has 6 nitrogen and oxygen atoms in total. The first-order valence-corrected chi connectivity index (χ1v) is 7.95. The van der Waals surface area contributed by atoms with E-state index in [9.17, 15) is 18.8 Å². The Morgan fingerprint density at radius 1 is 1.42 bits per heavy atom. The Bertz CT molecular complexity index is 957. The number of nitriles is 1. The third-order valence-electron chi connectivity index (χ3n) is 3.98. The van der Waals surface area contributed by atoms with Gasteiger partial charge in [0.05, 0.1) is 17.9 Å². The van der Waals surface area contributed by atoms with Crippen molar-refractivity contribution in [3.63, 3.8) is 0 Å². The normalized spacial score (nSPS) is 16.1. The Kier molecular flexibility index (Phi) is 4.47. The number of benzene rings is 1. The van der Waals surface area contributed by atoms with Crippen LogP contribution in [0.3, 0.4) is 0 Å². The molecule has 1 unspecified atom stereocenters. The topological polar surface area (TPSA) is 79.9 Å². The molecular weight excluding hydrogens is 342 g/mol. The third-order valence-corrected chi connectivity index (χ3v) is 3.98. The predicted molar refractivity (Wildman–Crippen MR) is 89.0 cm³/mol. The van der Waals surface area contributed by atoms with Gasteiger partial charge in [0.25, 0.3) is 0 Å². The molecule has 1 aromatic carbocycles. The first-order valence-electron chi connectivity index (χ1n) is 7.95. The lowest BCUT2D eigenvalue weighted by Gasteiger charge is -2.30. The van der Waals surface area contributed by atoms with Crippen molar-refractivity contribution in [2.24, 2.45) is 0 Å². The standard InChI is InChI=1S/C18H16F2N4O2/c1-9(2)26-18(25)14-10(3)23-17-11(7-21)8-22-24(17)16(14)12-5-4-6-13(19)15(12)20/h4-6,8-9,16,23H,1-3H3. The van der Waals surface area contributed by atoms with Crippen LogP contribution in [0.25, 0.3) is 0 Å². The Balaban J connectivity index is 2.24. The highest BCUT2D eigenvalue weighted by molar-refractivity contribution is 5.93. The van der Waals surface area contributed by atoms with Crippen molar-refractivity contribution in [3.8, 4) is 6.07 Å². The van der Waals surface area contributed by atoms with E-state index < -0.39 is 29.7 Å². The molecule has 0 spiro atoms. The van der Waals surface area contributed by atoms with E-state index in [4.69, 9.17) is 4.74 Å². The van der Waals surface area contributed by atoms with Crippen LogP contribution in [0.15, 0.2) is 35.7 Å². The van der Waals surface area contributed by atoms with Crippen molar-refractivity contribution in [1.29, 1.82) is 5.26 Å². The second-order valence-corrected chi connectivity index (χ2v) is 6.13. The number of rotatable bonds is 3. The van der Waals surface area contributed by atoms with E-state index in [1.807, 2.05) is 6.07 Å². The van der Waals surface area contributed by atoms with Gasteiger partial charge in [-0.05, 0) is 26.8 Å². The van der Waals surface area contributed by atoms with Crippen molar-refractivity contribution in [2.45, 2.75) is 32.9 Å². The minimum atomic E-state index is -1.08. The molecular formula is C18H16F2N4O2. The number of carbonyl (C=O) groups is 1. The smallest absolute Gasteiger partial charge is 0.338 e. The number of ether oxygens (including phenoxy) is 1. The van der Waals surface area contributed by atoms with E-state index in [2.05, 4.69) is 10.4 Å². The molecule has 8 heteroatoms. The minimum Gasteiger partial charge on any atom is -0.459 e. The zero-order chi connectivity index (χ0) is 19.0. The van der Waals surface area contributed by atoms with Crippen LogP contribution < -0.4 is 5.32 Å². The molecule has 134 valence electrons. The number of nitrogens with zero attached hydrogens (tertiary/aromatic N) is 3. The molecule has 3 rings (SSSR count). The molecule has 1 atom stereocenters. The van der Waals surface area contributed by atoms with Gasteiger partial charge in [0.1, 0.15) is 23.5 Å². The van der Waals surface area contributed by atoms with Crippen molar-refractivity contribution in [2.75, 3.05) is 5.32 Å².